The number of ether oxygens (including phenoxy) is 1. The van der Waals surface area contributed by atoms with Gasteiger partial charge in [-0.1, -0.05) is 29.3 Å². The molecule has 1 N–H and O–H groups in total. The highest BCUT2D eigenvalue weighted by Crippen LogP contribution is 2.38. The lowest BCUT2D eigenvalue weighted by molar-refractivity contribution is -0.111. The van der Waals surface area contributed by atoms with Gasteiger partial charge in [0.2, 0.25) is 0 Å². The van der Waals surface area contributed by atoms with E-state index in [2.05, 4.69) is 22.9 Å². The monoisotopic (exact) mass is 316 g/mol. The summed E-state index contributed by atoms with van der Waals surface area (Å²) in [5, 5.41) is 10.7. The summed E-state index contributed by atoms with van der Waals surface area (Å²) in [7, 11) is 0. The van der Waals surface area contributed by atoms with E-state index < -0.39 is 5.60 Å². The van der Waals surface area contributed by atoms with Crippen molar-refractivity contribution < 1.29 is 14.2 Å². The Morgan fingerprint density at radius 1 is 1.56 bits per heavy atom. The molecule has 0 spiro atoms. The van der Waals surface area contributed by atoms with Crippen molar-refractivity contribution in [3.8, 4) is 0 Å². The molecule has 18 heavy (non-hydrogen) atoms. The molecule has 2 unspecified atom stereocenters. The normalized spacial score (nSPS) is 28.3. The summed E-state index contributed by atoms with van der Waals surface area (Å²) in [6.45, 7) is 2.56. The molecular weight excluding hydrogens is 299 g/mol. The minimum atomic E-state index is -1.11. The Labute approximate surface area is 115 Å². The molecule has 1 aromatic carbocycles. The van der Waals surface area contributed by atoms with E-state index >= 15 is 0 Å². The van der Waals surface area contributed by atoms with Gasteiger partial charge in [-0.25, -0.2) is 4.39 Å². The van der Waals surface area contributed by atoms with Crippen LogP contribution in [0.3, 0.4) is 0 Å². The standard InChI is InChI=1S/C14H18BrFO2/c1-2-3-11-9-14(17,6-7-18-11)12-8-10(15)4-5-13(12)16/h4-5,8,11,17H,2-3,6-7,9H2,1H3. The van der Waals surface area contributed by atoms with Gasteiger partial charge in [0.25, 0.3) is 0 Å². The molecule has 0 aromatic heterocycles. The fraction of sp³-hybridized carbons (Fsp3) is 0.571. The summed E-state index contributed by atoms with van der Waals surface area (Å²) < 4.78 is 20.3. The molecule has 2 rings (SSSR count). The molecule has 1 fully saturated rings. The second-order valence-electron chi connectivity index (χ2n) is 4.89. The zero-order valence-electron chi connectivity index (χ0n) is 10.5. The summed E-state index contributed by atoms with van der Waals surface area (Å²) in [6.07, 6.45) is 2.83. The zero-order chi connectivity index (χ0) is 13.2. The lowest BCUT2D eigenvalue weighted by atomic mass is 9.82. The molecule has 0 bridgehead atoms. The van der Waals surface area contributed by atoms with E-state index in [9.17, 15) is 9.50 Å². The van der Waals surface area contributed by atoms with Gasteiger partial charge in [0.05, 0.1) is 18.3 Å². The van der Waals surface area contributed by atoms with Crippen molar-refractivity contribution in [3.63, 3.8) is 0 Å². The fourth-order valence-electron chi connectivity index (χ4n) is 2.54. The highest BCUT2D eigenvalue weighted by atomic mass is 79.9. The van der Waals surface area contributed by atoms with Crippen LogP contribution in [0, 0.1) is 5.82 Å². The van der Waals surface area contributed by atoms with Gasteiger partial charge in [0.15, 0.2) is 0 Å². The number of aliphatic hydroxyl groups is 1. The highest BCUT2D eigenvalue weighted by molar-refractivity contribution is 9.10. The summed E-state index contributed by atoms with van der Waals surface area (Å²) in [4.78, 5) is 0. The number of hydrogen-bond donors (Lipinski definition) is 1. The summed E-state index contributed by atoms with van der Waals surface area (Å²) >= 11 is 3.32. The second kappa shape index (κ2) is 5.68. The van der Waals surface area contributed by atoms with Crippen LogP contribution in [0.5, 0.6) is 0 Å². The predicted molar refractivity (Wildman–Crippen MR) is 71.9 cm³/mol. The lowest BCUT2D eigenvalue weighted by Crippen LogP contribution is -2.39. The first-order valence-electron chi connectivity index (χ1n) is 6.34. The van der Waals surface area contributed by atoms with Crippen molar-refractivity contribution in [3.05, 3.63) is 34.1 Å². The summed E-state index contributed by atoms with van der Waals surface area (Å²) in [5.74, 6) is -0.349. The average molecular weight is 317 g/mol. The van der Waals surface area contributed by atoms with E-state index in [1.807, 2.05) is 0 Å². The molecule has 1 aromatic rings. The Morgan fingerprint density at radius 2 is 2.33 bits per heavy atom. The molecule has 100 valence electrons. The minimum absolute atomic E-state index is 0.0205. The molecule has 1 aliphatic rings. The van der Waals surface area contributed by atoms with Crippen LogP contribution in [0.25, 0.3) is 0 Å². The van der Waals surface area contributed by atoms with E-state index in [0.29, 0.717) is 25.0 Å². The first-order chi connectivity index (χ1) is 8.55. The minimum Gasteiger partial charge on any atom is -0.385 e. The molecule has 0 aliphatic carbocycles. The van der Waals surface area contributed by atoms with Crippen molar-refractivity contribution in [1.82, 2.24) is 0 Å². The molecule has 1 aliphatic heterocycles. The Kier molecular flexibility index (Phi) is 4.41. The van der Waals surface area contributed by atoms with Gasteiger partial charge < -0.3 is 9.84 Å². The number of rotatable bonds is 3. The third-order valence-corrected chi connectivity index (χ3v) is 3.97. The molecule has 4 heteroatoms. The van der Waals surface area contributed by atoms with Crippen LogP contribution in [0.2, 0.25) is 0 Å². The van der Waals surface area contributed by atoms with Crippen molar-refractivity contribution in [2.45, 2.75) is 44.3 Å². The number of benzene rings is 1. The molecule has 0 radical (unpaired) electrons. The molecule has 1 saturated heterocycles. The van der Waals surface area contributed by atoms with Gasteiger partial charge in [-0.05, 0) is 24.6 Å². The quantitative estimate of drug-likeness (QED) is 0.920. The van der Waals surface area contributed by atoms with Gasteiger partial charge in [-0.2, -0.15) is 0 Å². The van der Waals surface area contributed by atoms with Crippen LogP contribution < -0.4 is 0 Å². The Bertz CT molecular complexity index is 422. The first kappa shape index (κ1) is 14.0. The molecule has 0 amide bonds. The highest BCUT2D eigenvalue weighted by Gasteiger charge is 2.38. The maximum Gasteiger partial charge on any atom is 0.129 e. The number of halogens is 2. The lowest BCUT2D eigenvalue weighted by Gasteiger charge is -2.37. The Balaban J connectivity index is 2.26. The smallest absolute Gasteiger partial charge is 0.129 e. The van der Waals surface area contributed by atoms with Crippen LogP contribution in [-0.2, 0) is 10.3 Å². The van der Waals surface area contributed by atoms with E-state index in [1.165, 1.54) is 6.07 Å². The van der Waals surface area contributed by atoms with E-state index in [0.717, 1.165) is 17.3 Å². The predicted octanol–water partition coefficient (Wildman–Crippen LogP) is 3.75. The van der Waals surface area contributed by atoms with Crippen LogP contribution in [0.1, 0.15) is 38.2 Å². The van der Waals surface area contributed by atoms with Crippen molar-refractivity contribution in [2.75, 3.05) is 6.61 Å². The molecular formula is C14H18BrFO2. The number of hydrogen-bond acceptors (Lipinski definition) is 2. The third-order valence-electron chi connectivity index (χ3n) is 3.47. The van der Waals surface area contributed by atoms with Gasteiger partial charge in [0.1, 0.15) is 5.82 Å². The van der Waals surface area contributed by atoms with E-state index in [-0.39, 0.29) is 11.9 Å². The van der Waals surface area contributed by atoms with Crippen molar-refractivity contribution in [2.24, 2.45) is 0 Å². The molecule has 0 saturated carbocycles. The zero-order valence-corrected chi connectivity index (χ0v) is 12.0. The fourth-order valence-corrected chi connectivity index (χ4v) is 2.90. The van der Waals surface area contributed by atoms with Gasteiger partial charge in [-0.3, -0.25) is 0 Å². The average Bonchev–Trinajstić information content (AvgIpc) is 2.33. The maximum atomic E-state index is 13.9. The SMILES string of the molecule is CCCC1CC(O)(c2cc(Br)ccc2F)CCO1. The first-order valence-corrected chi connectivity index (χ1v) is 7.14. The van der Waals surface area contributed by atoms with Crippen molar-refractivity contribution in [1.29, 1.82) is 0 Å². The van der Waals surface area contributed by atoms with Crippen LogP contribution in [0.4, 0.5) is 4.39 Å². The van der Waals surface area contributed by atoms with Gasteiger partial charge in [-0.15, -0.1) is 0 Å². The van der Waals surface area contributed by atoms with Crippen LogP contribution in [-0.4, -0.2) is 17.8 Å². The summed E-state index contributed by atoms with van der Waals surface area (Å²) in [6, 6.07) is 4.70. The largest absolute Gasteiger partial charge is 0.385 e. The van der Waals surface area contributed by atoms with Crippen LogP contribution in [0.15, 0.2) is 22.7 Å². The molecule has 2 nitrogen and oxygen atoms in total. The van der Waals surface area contributed by atoms with E-state index in [1.54, 1.807) is 12.1 Å². The summed E-state index contributed by atoms with van der Waals surface area (Å²) in [5.41, 5.74) is -0.729. The van der Waals surface area contributed by atoms with Gasteiger partial charge in [0, 0.05) is 22.9 Å². The van der Waals surface area contributed by atoms with Gasteiger partial charge >= 0.3 is 0 Å². The van der Waals surface area contributed by atoms with E-state index in [4.69, 9.17) is 4.74 Å². The van der Waals surface area contributed by atoms with Crippen LogP contribution >= 0.6 is 15.9 Å². The Hall–Kier alpha value is -0.450. The Morgan fingerprint density at radius 3 is 3.06 bits per heavy atom. The molecule has 1 heterocycles. The topological polar surface area (TPSA) is 29.5 Å². The third kappa shape index (κ3) is 2.92. The van der Waals surface area contributed by atoms with Crippen molar-refractivity contribution >= 4 is 15.9 Å². The second-order valence-corrected chi connectivity index (χ2v) is 5.81. The molecule has 2 atom stereocenters. The maximum absolute atomic E-state index is 13.9.